The summed E-state index contributed by atoms with van der Waals surface area (Å²) in [5, 5.41) is 5.12. The van der Waals surface area contributed by atoms with E-state index in [4.69, 9.17) is 12.2 Å². The topological polar surface area (TPSA) is 40.5 Å². The molecule has 2 saturated heterocycles. The van der Waals surface area contributed by atoms with Gasteiger partial charge in [-0.05, 0) is 43.0 Å². The summed E-state index contributed by atoms with van der Waals surface area (Å²) in [4.78, 5) is 17.6. The summed E-state index contributed by atoms with van der Waals surface area (Å²) in [7, 11) is 4.12. The average Bonchev–Trinajstić information content (AvgIpc) is 3.28. The summed E-state index contributed by atoms with van der Waals surface area (Å²) < 4.78 is 2.14. The lowest BCUT2D eigenvalue weighted by molar-refractivity contribution is -0.122. The molecule has 6 heteroatoms. The Bertz CT molecular complexity index is 1090. The van der Waals surface area contributed by atoms with E-state index in [9.17, 15) is 4.79 Å². The number of amides is 1. The minimum atomic E-state index is -0.744. The molecule has 0 radical (unpaired) electrons. The lowest BCUT2D eigenvalue weighted by atomic mass is 9.81. The third-order valence-corrected chi connectivity index (χ3v) is 6.33. The van der Waals surface area contributed by atoms with Crippen molar-refractivity contribution < 1.29 is 4.79 Å². The molecule has 5 nitrogen and oxygen atoms in total. The van der Waals surface area contributed by atoms with Crippen LogP contribution in [-0.4, -0.2) is 46.2 Å². The molecule has 2 aromatic carbocycles. The summed E-state index contributed by atoms with van der Waals surface area (Å²) in [6, 6.07) is 18.0. The van der Waals surface area contributed by atoms with Gasteiger partial charge in [-0.2, -0.15) is 0 Å². The number of aryl methyl sites for hydroxylation is 1. The minimum Gasteiger partial charge on any atom is -0.350 e. The summed E-state index contributed by atoms with van der Waals surface area (Å²) in [5.41, 5.74) is 2.44. The van der Waals surface area contributed by atoms with E-state index >= 15 is 0 Å². The van der Waals surface area contributed by atoms with Crippen molar-refractivity contribution in [2.75, 3.05) is 25.0 Å². The number of hydrogen-bond acceptors (Lipinski definition) is 3. The van der Waals surface area contributed by atoms with Gasteiger partial charge in [0.15, 0.2) is 5.11 Å². The SMILES string of the molecule is CN1C[C@H](c2cn(C)c3ccccc23)[C@]2(C1)NC(=S)N(c1ccccc1)C2=O. The molecule has 0 bridgehead atoms. The minimum absolute atomic E-state index is 0.0164. The van der Waals surface area contributed by atoms with E-state index in [1.54, 1.807) is 4.90 Å². The molecule has 2 aliphatic rings. The van der Waals surface area contributed by atoms with Gasteiger partial charge in [0.1, 0.15) is 5.54 Å². The number of thiocarbonyl (C=S) groups is 1. The van der Waals surface area contributed by atoms with Gasteiger partial charge in [-0.15, -0.1) is 0 Å². The molecule has 1 spiro atoms. The molecule has 2 atom stereocenters. The maximum absolute atomic E-state index is 13.8. The van der Waals surface area contributed by atoms with Crippen LogP contribution in [0.4, 0.5) is 5.69 Å². The quantitative estimate of drug-likeness (QED) is 0.683. The zero-order valence-corrected chi connectivity index (χ0v) is 16.7. The van der Waals surface area contributed by atoms with Gasteiger partial charge < -0.3 is 14.8 Å². The third-order valence-electron chi connectivity index (χ3n) is 6.04. The van der Waals surface area contributed by atoms with Crippen LogP contribution in [0, 0.1) is 0 Å². The fraction of sp³-hybridized carbons (Fsp3) is 0.273. The van der Waals surface area contributed by atoms with Crippen molar-refractivity contribution in [2.45, 2.75) is 11.5 Å². The van der Waals surface area contributed by atoms with E-state index in [2.05, 4.69) is 53.3 Å². The zero-order valence-electron chi connectivity index (χ0n) is 15.9. The highest BCUT2D eigenvalue weighted by atomic mass is 32.1. The van der Waals surface area contributed by atoms with Crippen LogP contribution in [0.3, 0.4) is 0 Å². The first-order valence-corrected chi connectivity index (χ1v) is 9.86. The fourth-order valence-corrected chi connectivity index (χ4v) is 5.20. The zero-order chi connectivity index (χ0) is 19.5. The van der Waals surface area contributed by atoms with Gasteiger partial charge in [0.2, 0.25) is 0 Å². The third kappa shape index (κ3) is 2.34. The van der Waals surface area contributed by atoms with Crippen LogP contribution in [-0.2, 0) is 11.8 Å². The van der Waals surface area contributed by atoms with Gasteiger partial charge in [0.05, 0.1) is 5.69 Å². The lowest BCUT2D eigenvalue weighted by Gasteiger charge is -2.28. The van der Waals surface area contributed by atoms with Crippen molar-refractivity contribution >= 4 is 39.8 Å². The number of carbonyl (C=O) groups is 1. The van der Waals surface area contributed by atoms with Crippen LogP contribution in [0.1, 0.15) is 11.5 Å². The second-order valence-corrected chi connectivity index (χ2v) is 8.23. The predicted octanol–water partition coefficient (Wildman–Crippen LogP) is 2.87. The Kier molecular flexibility index (Phi) is 3.82. The predicted molar refractivity (Wildman–Crippen MR) is 116 cm³/mol. The number of fused-ring (bicyclic) bond motifs is 1. The van der Waals surface area contributed by atoms with Crippen LogP contribution < -0.4 is 10.2 Å². The van der Waals surface area contributed by atoms with Crippen molar-refractivity contribution in [2.24, 2.45) is 7.05 Å². The Balaban J connectivity index is 1.64. The number of carbonyl (C=O) groups excluding carboxylic acids is 1. The molecule has 3 aromatic rings. The Hall–Kier alpha value is -2.70. The molecule has 0 aliphatic carbocycles. The largest absolute Gasteiger partial charge is 0.350 e. The van der Waals surface area contributed by atoms with Crippen LogP contribution in [0.5, 0.6) is 0 Å². The molecule has 5 rings (SSSR count). The van der Waals surface area contributed by atoms with Gasteiger partial charge in [0, 0.05) is 43.2 Å². The van der Waals surface area contributed by atoms with Gasteiger partial charge in [0.25, 0.3) is 5.91 Å². The highest BCUT2D eigenvalue weighted by Crippen LogP contribution is 2.43. The van der Waals surface area contributed by atoms with E-state index in [1.807, 2.05) is 36.4 Å². The van der Waals surface area contributed by atoms with E-state index in [0.29, 0.717) is 11.7 Å². The van der Waals surface area contributed by atoms with Crippen LogP contribution in [0.2, 0.25) is 0 Å². The Morgan fingerprint density at radius 1 is 1.07 bits per heavy atom. The van der Waals surface area contributed by atoms with E-state index < -0.39 is 5.54 Å². The highest BCUT2D eigenvalue weighted by molar-refractivity contribution is 7.80. The standard InChI is InChI=1S/C22H22N4OS/c1-24-13-18(17-12-25(2)19-11-7-6-10-16(17)19)22(14-24)20(27)26(21(28)23-22)15-8-4-3-5-9-15/h3-12,18H,13-14H2,1-2H3,(H,23,28)/t18-,22+/m1/s1. The smallest absolute Gasteiger partial charge is 0.261 e. The number of para-hydroxylation sites is 2. The maximum atomic E-state index is 13.8. The first-order chi connectivity index (χ1) is 13.5. The fourth-order valence-electron chi connectivity index (χ4n) is 4.83. The molecule has 2 fully saturated rings. The van der Waals surface area contributed by atoms with Crippen molar-refractivity contribution in [3.05, 3.63) is 66.4 Å². The van der Waals surface area contributed by atoms with Gasteiger partial charge in [-0.3, -0.25) is 9.69 Å². The number of anilines is 1. The second-order valence-electron chi connectivity index (χ2n) is 7.84. The van der Waals surface area contributed by atoms with E-state index in [-0.39, 0.29) is 11.8 Å². The van der Waals surface area contributed by atoms with Gasteiger partial charge >= 0.3 is 0 Å². The van der Waals surface area contributed by atoms with Crippen molar-refractivity contribution in [1.29, 1.82) is 0 Å². The molecule has 142 valence electrons. The molecule has 1 amide bonds. The number of rotatable bonds is 2. The molecular formula is C22H22N4OS. The van der Waals surface area contributed by atoms with Crippen molar-refractivity contribution in [3.8, 4) is 0 Å². The molecule has 0 unspecified atom stereocenters. The summed E-state index contributed by atoms with van der Waals surface area (Å²) >= 11 is 5.62. The number of likely N-dealkylation sites (N-methyl/N-ethyl adjacent to an activating group) is 1. The Morgan fingerprint density at radius 3 is 2.57 bits per heavy atom. The highest BCUT2D eigenvalue weighted by Gasteiger charge is 2.59. The normalized spacial score (nSPS) is 25.2. The van der Waals surface area contributed by atoms with Crippen molar-refractivity contribution in [1.82, 2.24) is 14.8 Å². The molecular weight excluding hydrogens is 368 g/mol. The Labute approximate surface area is 169 Å². The van der Waals surface area contributed by atoms with E-state index in [0.717, 1.165) is 12.2 Å². The molecule has 1 N–H and O–H groups in total. The first kappa shape index (κ1) is 17.4. The Morgan fingerprint density at radius 2 is 1.79 bits per heavy atom. The molecule has 0 saturated carbocycles. The number of likely N-dealkylation sites (tertiary alicyclic amines) is 1. The number of nitrogens with zero attached hydrogens (tertiary/aromatic N) is 3. The lowest BCUT2D eigenvalue weighted by Crippen LogP contribution is -2.52. The number of hydrogen-bond donors (Lipinski definition) is 1. The number of benzene rings is 2. The number of nitrogens with one attached hydrogen (secondary N) is 1. The molecule has 1 aromatic heterocycles. The first-order valence-electron chi connectivity index (χ1n) is 9.45. The van der Waals surface area contributed by atoms with Crippen LogP contribution in [0.15, 0.2) is 60.8 Å². The maximum Gasteiger partial charge on any atom is 0.261 e. The average molecular weight is 391 g/mol. The summed E-state index contributed by atoms with van der Waals surface area (Å²) in [6.45, 7) is 1.43. The monoisotopic (exact) mass is 390 g/mol. The molecule has 28 heavy (non-hydrogen) atoms. The number of aromatic nitrogens is 1. The van der Waals surface area contributed by atoms with Crippen molar-refractivity contribution in [3.63, 3.8) is 0 Å². The molecule has 2 aliphatic heterocycles. The molecule has 3 heterocycles. The summed E-state index contributed by atoms with van der Waals surface area (Å²) in [6.07, 6.45) is 2.17. The van der Waals surface area contributed by atoms with Crippen LogP contribution >= 0.6 is 12.2 Å². The van der Waals surface area contributed by atoms with Crippen LogP contribution in [0.25, 0.3) is 10.9 Å². The van der Waals surface area contributed by atoms with Gasteiger partial charge in [-0.1, -0.05) is 36.4 Å². The summed E-state index contributed by atoms with van der Waals surface area (Å²) in [5.74, 6) is 0.0498. The second kappa shape index (κ2) is 6.15. The van der Waals surface area contributed by atoms with Gasteiger partial charge in [-0.25, -0.2) is 0 Å². The van der Waals surface area contributed by atoms with E-state index in [1.165, 1.54) is 16.5 Å².